The monoisotopic (exact) mass is 454 g/mol. The number of benzene rings is 2. The molecule has 0 radical (unpaired) electrons. The molecule has 0 aliphatic carbocycles. The lowest BCUT2D eigenvalue weighted by atomic mass is 9.99. The van der Waals surface area contributed by atoms with Gasteiger partial charge in [0.05, 0.1) is 17.4 Å². The zero-order valence-corrected chi connectivity index (χ0v) is 16.4. The van der Waals surface area contributed by atoms with E-state index in [4.69, 9.17) is 13.9 Å². The van der Waals surface area contributed by atoms with Crippen LogP contribution in [0.1, 0.15) is 5.56 Å². The number of aliphatic hydroxyl groups excluding tert-OH is 5. The summed E-state index contributed by atoms with van der Waals surface area (Å²) in [4.78, 5) is 12.5. The Bertz CT molecular complexity index is 1210. The number of aliphatic hydroxyl groups is 5. The standard InChI is InChI=1S/C21H20F2O9/c22-10-6-11(30-21-18(28)17(27)16(26)12(7-25)31-21)15(23)19-14(10)9-3-1-2-8(4-5-24)13(9)20(29)32-19/h1-3,6,12,16-18,21,24-28H,4-5,7H2/t12-,16-,17+,18-,21-/m1/s1. The summed E-state index contributed by atoms with van der Waals surface area (Å²) in [6, 6.07) is 5.17. The fourth-order valence-corrected chi connectivity index (χ4v) is 3.83. The summed E-state index contributed by atoms with van der Waals surface area (Å²) >= 11 is 0. The molecule has 2 aromatic carbocycles. The van der Waals surface area contributed by atoms with Crippen molar-refractivity contribution < 1.29 is 48.2 Å². The van der Waals surface area contributed by atoms with Gasteiger partial charge in [-0.2, -0.15) is 4.39 Å². The van der Waals surface area contributed by atoms with Gasteiger partial charge in [-0.25, -0.2) is 9.18 Å². The topological polar surface area (TPSA) is 150 Å². The van der Waals surface area contributed by atoms with Crippen LogP contribution in [0.2, 0.25) is 0 Å². The van der Waals surface area contributed by atoms with Crippen LogP contribution in [-0.4, -0.2) is 69.5 Å². The Morgan fingerprint density at radius 3 is 2.47 bits per heavy atom. The quantitative estimate of drug-likeness (QED) is 0.264. The molecule has 0 bridgehead atoms. The van der Waals surface area contributed by atoms with Crippen molar-refractivity contribution in [2.75, 3.05) is 13.2 Å². The summed E-state index contributed by atoms with van der Waals surface area (Å²) < 4.78 is 45.6. The second kappa shape index (κ2) is 8.70. The molecule has 3 aromatic rings. The first kappa shape index (κ1) is 22.5. The van der Waals surface area contributed by atoms with Crippen LogP contribution >= 0.6 is 0 Å². The van der Waals surface area contributed by atoms with Gasteiger partial charge in [-0.1, -0.05) is 18.2 Å². The van der Waals surface area contributed by atoms with Crippen molar-refractivity contribution in [1.29, 1.82) is 0 Å². The number of fused-ring (bicyclic) bond motifs is 3. The van der Waals surface area contributed by atoms with Gasteiger partial charge in [0.2, 0.25) is 12.1 Å². The molecule has 4 rings (SSSR count). The first-order valence-electron chi connectivity index (χ1n) is 9.73. The maximum absolute atomic E-state index is 15.2. The van der Waals surface area contributed by atoms with Crippen LogP contribution in [0.15, 0.2) is 33.5 Å². The van der Waals surface area contributed by atoms with Gasteiger partial charge in [-0.3, -0.25) is 0 Å². The Morgan fingerprint density at radius 1 is 1.03 bits per heavy atom. The second-order valence-electron chi connectivity index (χ2n) is 7.39. The Kier molecular flexibility index (Phi) is 6.12. The van der Waals surface area contributed by atoms with Gasteiger partial charge in [0.1, 0.15) is 30.2 Å². The van der Waals surface area contributed by atoms with Gasteiger partial charge in [0, 0.05) is 18.1 Å². The summed E-state index contributed by atoms with van der Waals surface area (Å²) in [6.07, 6.45) is -8.28. The fourth-order valence-electron chi connectivity index (χ4n) is 3.83. The van der Waals surface area contributed by atoms with Gasteiger partial charge in [-0.05, 0) is 12.0 Å². The zero-order chi connectivity index (χ0) is 23.2. The van der Waals surface area contributed by atoms with E-state index in [1.54, 1.807) is 6.07 Å². The highest BCUT2D eigenvalue weighted by Crippen LogP contribution is 2.35. The van der Waals surface area contributed by atoms with Crippen LogP contribution in [0.25, 0.3) is 21.7 Å². The minimum absolute atomic E-state index is 0.00921. The molecule has 1 fully saturated rings. The molecule has 1 aliphatic rings. The molecule has 172 valence electrons. The lowest BCUT2D eigenvalue weighted by Crippen LogP contribution is -2.60. The number of hydrogen-bond donors (Lipinski definition) is 5. The van der Waals surface area contributed by atoms with Crippen molar-refractivity contribution in [2.45, 2.75) is 37.1 Å². The van der Waals surface area contributed by atoms with Crippen molar-refractivity contribution in [3.8, 4) is 5.75 Å². The van der Waals surface area contributed by atoms with Crippen molar-refractivity contribution >= 4 is 21.7 Å². The van der Waals surface area contributed by atoms with E-state index in [2.05, 4.69) is 0 Å². The van der Waals surface area contributed by atoms with Gasteiger partial charge in [0.15, 0.2) is 11.3 Å². The predicted molar refractivity (Wildman–Crippen MR) is 105 cm³/mol. The number of halogens is 2. The molecule has 32 heavy (non-hydrogen) atoms. The summed E-state index contributed by atoms with van der Waals surface area (Å²) in [6.45, 7) is -1.00. The average Bonchev–Trinajstić information content (AvgIpc) is 2.77. The molecule has 0 saturated carbocycles. The minimum atomic E-state index is -1.85. The van der Waals surface area contributed by atoms with E-state index in [1.165, 1.54) is 12.1 Å². The Hall–Kier alpha value is -2.67. The summed E-state index contributed by atoms with van der Waals surface area (Å²) in [5.41, 5.74) is -1.27. The van der Waals surface area contributed by atoms with E-state index in [9.17, 15) is 30.3 Å². The van der Waals surface area contributed by atoms with Crippen LogP contribution in [-0.2, 0) is 11.2 Å². The van der Waals surface area contributed by atoms with E-state index in [-0.39, 0.29) is 29.2 Å². The van der Waals surface area contributed by atoms with Crippen LogP contribution in [0.4, 0.5) is 8.78 Å². The highest BCUT2D eigenvalue weighted by Gasteiger charge is 2.45. The zero-order valence-electron chi connectivity index (χ0n) is 16.4. The Labute approximate surface area is 178 Å². The molecule has 1 aromatic heterocycles. The summed E-state index contributed by atoms with van der Waals surface area (Å²) in [7, 11) is 0. The third-order valence-electron chi connectivity index (χ3n) is 5.43. The highest BCUT2D eigenvalue weighted by atomic mass is 19.1. The molecule has 0 unspecified atom stereocenters. The van der Waals surface area contributed by atoms with E-state index >= 15 is 8.78 Å². The highest BCUT2D eigenvalue weighted by molar-refractivity contribution is 6.06. The van der Waals surface area contributed by atoms with Crippen LogP contribution < -0.4 is 10.4 Å². The van der Waals surface area contributed by atoms with Crippen LogP contribution in [0.5, 0.6) is 5.75 Å². The van der Waals surface area contributed by atoms with E-state index in [1.807, 2.05) is 0 Å². The molecule has 11 heteroatoms. The van der Waals surface area contributed by atoms with Gasteiger partial charge in [-0.15, -0.1) is 0 Å². The molecule has 5 N–H and O–H groups in total. The van der Waals surface area contributed by atoms with E-state index < -0.39 is 65.9 Å². The molecule has 1 saturated heterocycles. The SMILES string of the molecule is O=c1oc2c(F)c(O[C@@H]3O[C@H](CO)[C@@H](O)[C@H](O)[C@H]3O)cc(F)c2c2cccc(CCO)c12. The van der Waals surface area contributed by atoms with Crippen molar-refractivity contribution in [3.63, 3.8) is 0 Å². The largest absolute Gasteiger partial charge is 0.459 e. The third-order valence-corrected chi connectivity index (χ3v) is 5.43. The lowest BCUT2D eigenvalue weighted by Gasteiger charge is -2.39. The van der Waals surface area contributed by atoms with Crippen molar-refractivity contribution in [2.24, 2.45) is 0 Å². The maximum atomic E-state index is 15.2. The van der Waals surface area contributed by atoms with Gasteiger partial charge < -0.3 is 39.4 Å². The van der Waals surface area contributed by atoms with Crippen molar-refractivity contribution in [1.82, 2.24) is 0 Å². The van der Waals surface area contributed by atoms with E-state index in [0.29, 0.717) is 11.6 Å². The molecule has 1 aliphatic heterocycles. The van der Waals surface area contributed by atoms with Crippen LogP contribution in [0.3, 0.4) is 0 Å². The molecule has 0 spiro atoms. The number of rotatable bonds is 5. The molecular formula is C21H20F2O9. The summed E-state index contributed by atoms with van der Waals surface area (Å²) in [5.74, 6) is -3.05. The molecule has 0 amide bonds. The van der Waals surface area contributed by atoms with Crippen LogP contribution in [0, 0.1) is 11.6 Å². The number of ether oxygens (including phenoxy) is 2. The van der Waals surface area contributed by atoms with Gasteiger partial charge in [0.25, 0.3) is 0 Å². The lowest BCUT2D eigenvalue weighted by molar-refractivity contribution is -0.277. The third kappa shape index (κ3) is 3.62. The normalized spacial score (nSPS) is 26.0. The van der Waals surface area contributed by atoms with E-state index in [0.717, 1.165) is 0 Å². The Morgan fingerprint density at radius 2 is 1.78 bits per heavy atom. The average molecular weight is 454 g/mol. The first-order chi connectivity index (χ1) is 15.3. The first-order valence-corrected chi connectivity index (χ1v) is 9.73. The smallest absolute Gasteiger partial charge is 0.344 e. The Balaban J connectivity index is 1.82. The maximum Gasteiger partial charge on any atom is 0.344 e. The predicted octanol–water partition coefficient (Wildman–Crippen LogP) is -0.0621. The van der Waals surface area contributed by atoms with Crippen molar-refractivity contribution in [3.05, 3.63) is 51.9 Å². The van der Waals surface area contributed by atoms with Gasteiger partial charge >= 0.3 is 5.63 Å². The molecule has 5 atom stereocenters. The summed E-state index contributed by atoms with van der Waals surface area (Å²) in [5, 5.41) is 48.0. The molecule has 2 heterocycles. The second-order valence-corrected chi connectivity index (χ2v) is 7.39. The molecular weight excluding hydrogens is 434 g/mol. The molecule has 9 nitrogen and oxygen atoms in total. The fraction of sp³-hybridized carbons (Fsp3) is 0.381. The number of hydrogen-bond acceptors (Lipinski definition) is 9. The minimum Gasteiger partial charge on any atom is -0.459 e.